The van der Waals surface area contributed by atoms with Crippen molar-refractivity contribution >= 4 is 6.08 Å². The minimum atomic E-state index is -0.560. The number of rotatable bonds is 2. The van der Waals surface area contributed by atoms with Crippen molar-refractivity contribution in [3.63, 3.8) is 0 Å². The van der Waals surface area contributed by atoms with Crippen molar-refractivity contribution in [2.24, 2.45) is 0 Å². The first-order valence-electron chi connectivity index (χ1n) is 4.67. The molecule has 0 amide bonds. The van der Waals surface area contributed by atoms with Gasteiger partial charge in [0.1, 0.15) is 0 Å². The zero-order chi connectivity index (χ0) is 10.8. The van der Waals surface area contributed by atoms with Crippen molar-refractivity contribution in [1.82, 2.24) is 0 Å². The third-order valence-corrected chi connectivity index (χ3v) is 1.42. The van der Waals surface area contributed by atoms with E-state index < -0.39 is 6.10 Å². The standard InChI is InChI=1S/C9H10.C3H8O2/c1-2-6-9-7-4-3-5-8-9;1-3(5)2-4/h2-8H,1H3;3-5H,2H2,1H3. The molecule has 0 fully saturated rings. The molecule has 2 N–H and O–H groups in total. The number of hydrogen-bond donors (Lipinski definition) is 2. The summed E-state index contributed by atoms with van der Waals surface area (Å²) in [5, 5.41) is 16.0. The zero-order valence-electron chi connectivity index (χ0n) is 8.72. The predicted octanol–water partition coefficient (Wildman–Crippen LogP) is 2.08. The molecule has 1 aromatic rings. The maximum atomic E-state index is 8.11. The summed E-state index contributed by atoms with van der Waals surface area (Å²) in [5.74, 6) is 0. The highest BCUT2D eigenvalue weighted by atomic mass is 16.3. The van der Waals surface area contributed by atoms with E-state index in [1.165, 1.54) is 12.5 Å². The van der Waals surface area contributed by atoms with Crippen molar-refractivity contribution in [2.75, 3.05) is 6.61 Å². The van der Waals surface area contributed by atoms with E-state index in [1.54, 1.807) is 0 Å². The predicted molar refractivity (Wildman–Crippen MR) is 59.9 cm³/mol. The Hall–Kier alpha value is -1.12. The highest BCUT2D eigenvalue weighted by Crippen LogP contribution is 1.99. The first kappa shape index (κ1) is 12.9. The summed E-state index contributed by atoms with van der Waals surface area (Å²) in [7, 11) is 0. The summed E-state index contributed by atoms with van der Waals surface area (Å²) >= 11 is 0. The van der Waals surface area contributed by atoms with Gasteiger partial charge in [-0.3, -0.25) is 0 Å². The second-order valence-corrected chi connectivity index (χ2v) is 2.94. The lowest BCUT2D eigenvalue weighted by Gasteiger charge is -1.90. The fourth-order valence-corrected chi connectivity index (χ4v) is 0.757. The molecule has 2 heteroatoms. The van der Waals surface area contributed by atoms with Crippen molar-refractivity contribution in [1.29, 1.82) is 0 Å². The average Bonchev–Trinajstić information content (AvgIpc) is 2.21. The molecule has 0 aromatic heterocycles. The van der Waals surface area contributed by atoms with E-state index in [1.807, 2.05) is 31.2 Å². The van der Waals surface area contributed by atoms with Gasteiger partial charge >= 0.3 is 0 Å². The van der Waals surface area contributed by atoms with Crippen LogP contribution in [0.2, 0.25) is 0 Å². The van der Waals surface area contributed by atoms with E-state index in [-0.39, 0.29) is 6.61 Å². The van der Waals surface area contributed by atoms with Gasteiger partial charge in [0, 0.05) is 0 Å². The number of aliphatic hydroxyl groups excluding tert-OH is 2. The Labute approximate surface area is 85.5 Å². The fourth-order valence-electron chi connectivity index (χ4n) is 0.757. The van der Waals surface area contributed by atoms with E-state index in [9.17, 15) is 0 Å². The molecule has 0 aliphatic carbocycles. The Morgan fingerprint density at radius 3 is 2.14 bits per heavy atom. The molecule has 1 unspecified atom stereocenters. The monoisotopic (exact) mass is 194 g/mol. The van der Waals surface area contributed by atoms with Crippen LogP contribution in [0.5, 0.6) is 0 Å². The van der Waals surface area contributed by atoms with Gasteiger partial charge in [-0.2, -0.15) is 0 Å². The van der Waals surface area contributed by atoms with Crippen LogP contribution >= 0.6 is 0 Å². The molecular formula is C12H18O2. The van der Waals surface area contributed by atoms with Gasteiger partial charge in [-0.15, -0.1) is 0 Å². The van der Waals surface area contributed by atoms with Crippen molar-refractivity contribution in [3.05, 3.63) is 42.0 Å². The normalized spacial score (nSPS) is 12.0. The van der Waals surface area contributed by atoms with Crippen LogP contribution < -0.4 is 0 Å². The Bertz CT molecular complexity index is 240. The van der Waals surface area contributed by atoms with Gasteiger partial charge in [0.2, 0.25) is 0 Å². The van der Waals surface area contributed by atoms with Crippen LogP contribution in [0.15, 0.2) is 36.4 Å². The molecule has 0 saturated carbocycles. The minimum Gasteiger partial charge on any atom is -0.394 e. The first-order valence-corrected chi connectivity index (χ1v) is 4.67. The highest BCUT2D eigenvalue weighted by molar-refractivity contribution is 5.47. The smallest absolute Gasteiger partial charge is 0.0742 e. The molecule has 78 valence electrons. The maximum Gasteiger partial charge on any atom is 0.0742 e. The number of hydrogen-bond acceptors (Lipinski definition) is 2. The van der Waals surface area contributed by atoms with E-state index in [0.29, 0.717) is 0 Å². The second-order valence-electron chi connectivity index (χ2n) is 2.94. The third-order valence-electron chi connectivity index (χ3n) is 1.42. The Kier molecular flexibility index (Phi) is 7.80. The molecule has 0 aliphatic heterocycles. The molecule has 0 radical (unpaired) electrons. The Morgan fingerprint density at radius 1 is 1.29 bits per heavy atom. The molecule has 0 spiro atoms. The minimum absolute atomic E-state index is 0.139. The van der Waals surface area contributed by atoms with Gasteiger partial charge in [0.05, 0.1) is 12.7 Å². The van der Waals surface area contributed by atoms with E-state index >= 15 is 0 Å². The Morgan fingerprint density at radius 2 is 1.79 bits per heavy atom. The summed E-state index contributed by atoms with van der Waals surface area (Å²) in [6.07, 6.45) is 3.56. The van der Waals surface area contributed by atoms with Crippen LogP contribution in [-0.2, 0) is 0 Å². The Balaban J connectivity index is 0.000000292. The van der Waals surface area contributed by atoms with E-state index in [4.69, 9.17) is 10.2 Å². The van der Waals surface area contributed by atoms with Crippen molar-refractivity contribution < 1.29 is 10.2 Å². The van der Waals surface area contributed by atoms with Gasteiger partial charge < -0.3 is 10.2 Å². The van der Waals surface area contributed by atoms with Crippen LogP contribution in [0.3, 0.4) is 0 Å². The summed E-state index contributed by atoms with van der Waals surface area (Å²) < 4.78 is 0. The quantitative estimate of drug-likeness (QED) is 0.756. The molecule has 0 heterocycles. The molecular weight excluding hydrogens is 176 g/mol. The molecule has 1 atom stereocenters. The summed E-state index contributed by atoms with van der Waals surface area (Å²) in [6.45, 7) is 3.41. The summed E-state index contributed by atoms with van der Waals surface area (Å²) in [6, 6.07) is 10.3. The van der Waals surface area contributed by atoms with E-state index in [0.717, 1.165) is 0 Å². The van der Waals surface area contributed by atoms with Gasteiger partial charge in [0.25, 0.3) is 0 Å². The SMILES string of the molecule is CC(O)CO.CC=Cc1ccccc1. The lowest BCUT2D eigenvalue weighted by atomic mass is 10.2. The largest absolute Gasteiger partial charge is 0.394 e. The zero-order valence-corrected chi connectivity index (χ0v) is 8.72. The van der Waals surface area contributed by atoms with Crippen molar-refractivity contribution in [3.8, 4) is 0 Å². The topological polar surface area (TPSA) is 40.5 Å². The molecule has 0 aliphatic rings. The van der Waals surface area contributed by atoms with Crippen LogP contribution in [0.1, 0.15) is 19.4 Å². The fraction of sp³-hybridized carbons (Fsp3) is 0.333. The average molecular weight is 194 g/mol. The van der Waals surface area contributed by atoms with Gasteiger partial charge in [-0.25, -0.2) is 0 Å². The molecule has 0 saturated heterocycles. The van der Waals surface area contributed by atoms with Crippen LogP contribution in [-0.4, -0.2) is 22.9 Å². The molecule has 1 aromatic carbocycles. The third kappa shape index (κ3) is 7.53. The summed E-state index contributed by atoms with van der Waals surface area (Å²) in [4.78, 5) is 0. The van der Waals surface area contributed by atoms with Gasteiger partial charge in [-0.1, -0.05) is 42.5 Å². The van der Waals surface area contributed by atoms with Crippen LogP contribution in [0.4, 0.5) is 0 Å². The van der Waals surface area contributed by atoms with E-state index in [2.05, 4.69) is 18.2 Å². The molecule has 2 nitrogen and oxygen atoms in total. The first-order chi connectivity index (χ1) is 6.70. The van der Waals surface area contributed by atoms with Crippen LogP contribution in [0, 0.1) is 0 Å². The maximum absolute atomic E-state index is 8.11. The lowest BCUT2D eigenvalue weighted by Crippen LogP contribution is -2.03. The molecule has 0 bridgehead atoms. The molecule has 1 rings (SSSR count). The van der Waals surface area contributed by atoms with Gasteiger partial charge in [-0.05, 0) is 19.4 Å². The molecule has 14 heavy (non-hydrogen) atoms. The lowest BCUT2D eigenvalue weighted by molar-refractivity contribution is 0.110. The number of aliphatic hydroxyl groups is 2. The number of allylic oxidation sites excluding steroid dienone is 1. The van der Waals surface area contributed by atoms with Gasteiger partial charge in [0.15, 0.2) is 0 Å². The van der Waals surface area contributed by atoms with Crippen molar-refractivity contribution in [2.45, 2.75) is 20.0 Å². The summed E-state index contributed by atoms with van der Waals surface area (Å²) in [5.41, 5.74) is 1.26. The second kappa shape index (κ2) is 8.48. The highest BCUT2D eigenvalue weighted by Gasteiger charge is 1.83. The number of benzene rings is 1. The van der Waals surface area contributed by atoms with Crippen LogP contribution in [0.25, 0.3) is 6.08 Å².